The van der Waals surface area contributed by atoms with Gasteiger partial charge >= 0.3 is 0 Å². The maximum absolute atomic E-state index is 12.5. The zero-order valence-corrected chi connectivity index (χ0v) is 15.4. The molecule has 2 amide bonds. The SMILES string of the molecule is COc1c(I)cc(Br)cc1-n1c(N)c2c(cc1=O)C(=O)NC2=O. The van der Waals surface area contributed by atoms with Crippen molar-refractivity contribution in [3.8, 4) is 11.4 Å². The molecule has 0 saturated carbocycles. The van der Waals surface area contributed by atoms with Crippen molar-refractivity contribution >= 4 is 56.2 Å². The Balaban J connectivity index is 2.40. The lowest BCUT2D eigenvalue weighted by atomic mass is 10.1. The Morgan fingerprint density at radius 2 is 1.91 bits per heavy atom. The Hall–Kier alpha value is -1.88. The fourth-order valence-corrected chi connectivity index (χ4v) is 4.15. The fraction of sp³-hybridized carbons (Fsp3) is 0.0714. The molecular formula is C14H9BrIN3O4. The Bertz CT molecular complexity index is 939. The Kier molecular flexibility index (Phi) is 3.92. The van der Waals surface area contributed by atoms with Crippen LogP contribution in [0.5, 0.6) is 5.75 Å². The molecule has 1 aliphatic rings. The third-order valence-corrected chi connectivity index (χ3v) is 4.65. The first-order valence-electron chi connectivity index (χ1n) is 6.29. The van der Waals surface area contributed by atoms with Crippen molar-refractivity contribution in [2.24, 2.45) is 0 Å². The summed E-state index contributed by atoms with van der Waals surface area (Å²) in [5.41, 5.74) is 5.85. The molecule has 3 N–H and O–H groups in total. The van der Waals surface area contributed by atoms with Gasteiger partial charge in [-0.05, 0) is 34.7 Å². The Morgan fingerprint density at radius 3 is 2.57 bits per heavy atom. The maximum atomic E-state index is 12.5. The van der Waals surface area contributed by atoms with E-state index in [1.807, 2.05) is 6.07 Å². The molecule has 0 spiro atoms. The standard InChI is InChI=1S/C14H9BrIN3O4/c1-23-11-7(16)2-5(15)3-8(11)19-9(20)4-6-10(12(19)17)14(22)18-13(6)21/h2-4H,17H2,1H3,(H,18,21,22). The molecule has 118 valence electrons. The summed E-state index contributed by atoms with van der Waals surface area (Å²) in [6.07, 6.45) is 0. The normalized spacial score (nSPS) is 13.0. The van der Waals surface area contributed by atoms with Crippen LogP contribution in [0.3, 0.4) is 0 Å². The van der Waals surface area contributed by atoms with E-state index >= 15 is 0 Å². The number of anilines is 1. The number of pyridine rings is 1. The number of nitrogens with zero attached hydrogens (tertiary/aromatic N) is 1. The average Bonchev–Trinajstić information content (AvgIpc) is 2.73. The van der Waals surface area contributed by atoms with Gasteiger partial charge in [0, 0.05) is 10.5 Å². The van der Waals surface area contributed by atoms with Crippen LogP contribution in [0, 0.1) is 3.57 Å². The van der Waals surface area contributed by atoms with Gasteiger partial charge in [0.15, 0.2) is 5.75 Å². The van der Waals surface area contributed by atoms with E-state index in [-0.39, 0.29) is 16.9 Å². The van der Waals surface area contributed by atoms with Crippen LogP contribution in [0.2, 0.25) is 0 Å². The third-order valence-electron chi connectivity index (χ3n) is 3.39. The number of carbonyl (C=O) groups excluding carboxylic acids is 2. The van der Waals surface area contributed by atoms with Gasteiger partial charge in [0.25, 0.3) is 17.4 Å². The minimum atomic E-state index is -0.628. The number of nitrogens with two attached hydrogens (primary N) is 1. The lowest BCUT2D eigenvalue weighted by Crippen LogP contribution is -2.24. The molecule has 0 bridgehead atoms. The van der Waals surface area contributed by atoms with Crippen molar-refractivity contribution in [3.63, 3.8) is 0 Å². The number of nitrogens with one attached hydrogen (secondary N) is 1. The molecule has 0 saturated heterocycles. The molecule has 0 fully saturated rings. The number of benzene rings is 1. The Morgan fingerprint density at radius 1 is 1.22 bits per heavy atom. The minimum absolute atomic E-state index is 0.00774. The average molecular weight is 490 g/mol. The van der Waals surface area contributed by atoms with Crippen molar-refractivity contribution < 1.29 is 14.3 Å². The highest BCUT2D eigenvalue weighted by Crippen LogP contribution is 2.34. The van der Waals surface area contributed by atoms with Gasteiger partial charge in [-0.3, -0.25) is 24.3 Å². The number of methoxy groups -OCH3 is 1. The van der Waals surface area contributed by atoms with Crippen LogP contribution in [0.25, 0.3) is 5.69 Å². The second kappa shape index (κ2) is 5.64. The van der Waals surface area contributed by atoms with E-state index in [0.29, 0.717) is 15.9 Å². The summed E-state index contributed by atoms with van der Waals surface area (Å²) in [5.74, 6) is -0.924. The van der Waals surface area contributed by atoms with Gasteiger partial charge in [0.2, 0.25) is 0 Å². The predicted molar refractivity (Wildman–Crippen MR) is 95.2 cm³/mol. The topological polar surface area (TPSA) is 103 Å². The monoisotopic (exact) mass is 489 g/mol. The maximum Gasteiger partial charge on any atom is 0.262 e. The van der Waals surface area contributed by atoms with Crippen LogP contribution in [0.1, 0.15) is 20.7 Å². The number of rotatable bonds is 2. The second-order valence-electron chi connectivity index (χ2n) is 4.72. The van der Waals surface area contributed by atoms with Crippen molar-refractivity contribution in [1.29, 1.82) is 0 Å². The molecule has 1 aromatic carbocycles. The quantitative estimate of drug-likeness (QED) is 0.493. The van der Waals surface area contributed by atoms with Crippen molar-refractivity contribution in [2.75, 3.05) is 12.8 Å². The van der Waals surface area contributed by atoms with Crippen molar-refractivity contribution in [2.45, 2.75) is 0 Å². The Labute approximate surface area is 152 Å². The number of nitrogen functional groups attached to an aromatic ring is 1. The van der Waals surface area contributed by atoms with E-state index in [2.05, 4.69) is 43.8 Å². The number of aromatic nitrogens is 1. The van der Waals surface area contributed by atoms with Crippen LogP contribution < -0.4 is 21.3 Å². The predicted octanol–water partition coefficient (Wildman–Crippen LogP) is 1.68. The number of fused-ring (bicyclic) bond motifs is 1. The first kappa shape index (κ1) is 16.0. The fourth-order valence-electron chi connectivity index (χ4n) is 2.44. The molecule has 9 heteroatoms. The van der Waals surface area contributed by atoms with Crippen LogP contribution in [-0.2, 0) is 0 Å². The van der Waals surface area contributed by atoms with Crippen LogP contribution in [0.4, 0.5) is 5.82 Å². The third kappa shape index (κ3) is 2.43. The highest BCUT2D eigenvalue weighted by molar-refractivity contribution is 14.1. The first-order valence-corrected chi connectivity index (χ1v) is 8.17. The zero-order valence-electron chi connectivity index (χ0n) is 11.6. The van der Waals surface area contributed by atoms with E-state index < -0.39 is 17.4 Å². The summed E-state index contributed by atoms with van der Waals surface area (Å²) >= 11 is 5.42. The molecule has 0 aliphatic carbocycles. The van der Waals surface area contributed by atoms with E-state index in [0.717, 1.165) is 14.2 Å². The van der Waals surface area contributed by atoms with Crippen LogP contribution in [-0.4, -0.2) is 23.5 Å². The van der Waals surface area contributed by atoms with Gasteiger partial charge in [-0.2, -0.15) is 0 Å². The summed E-state index contributed by atoms with van der Waals surface area (Å²) in [7, 11) is 1.47. The molecule has 2 aromatic rings. The largest absolute Gasteiger partial charge is 0.493 e. The number of carbonyl (C=O) groups is 2. The number of hydrogen-bond acceptors (Lipinski definition) is 5. The molecule has 2 heterocycles. The number of amides is 2. The number of imide groups is 1. The first-order chi connectivity index (χ1) is 10.8. The van der Waals surface area contributed by atoms with E-state index in [1.54, 1.807) is 6.07 Å². The molecule has 0 unspecified atom stereocenters. The molecule has 0 atom stereocenters. The van der Waals surface area contributed by atoms with Gasteiger partial charge in [-0.15, -0.1) is 0 Å². The van der Waals surface area contributed by atoms with Crippen LogP contribution in [0.15, 0.2) is 27.5 Å². The lowest BCUT2D eigenvalue weighted by molar-refractivity contribution is 0.0880. The highest BCUT2D eigenvalue weighted by Gasteiger charge is 2.32. The zero-order chi connectivity index (χ0) is 16.9. The molecule has 1 aliphatic heterocycles. The van der Waals surface area contributed by atoms with E-state index in [9.17, 15) is 14.4 Å². The molecule has 3 rings (SSSR count). The highest BCUT2D eigenvalue weighted by atomic mass is 127. The van der Waals surface area contributed by atoms with Gasteiger partial charge in [-0.25, -0.2) is 0 Å². The number of halogens is 2. The molecule has 7 nitrogen and oxygen atoms in total. The van der Waals surface area contributed by atoms with Gasteiger partial charge in [0.05, 0.1) is 27.5 Å². The molecule has 1 aromatic heterocycles. The molecule has 0 radical (unpaired) electrons. The van der Waals surface area contributed by atoms with Gasteiger partial charge in [0.1, 0.15) is 5.82 Å². The molecule has 23 heavy (non-hydrogen) atoms. The summed E-state index contributed by atoms with van der Waals surface area (Å²) in [5, 5.41) is 2.13. The molecular weight excluding hydrogens is 481 g/mol. The summed E-state index contributed by atoms with van der Waals surface area (Å²) in [6, 6.07) is 4.56. The van der Waals surface area contributed by atoms with E-state index in [4.69, 9.17) is 10.5 Å². The van der Waals surface area contributed by atoms with Crippen molar-refractivity contribution in [3.05, 3.63) is 47.7 Å². The van der Waals surface area contributed by atoms with Gasteiger partial charge < -0.3 is 10.5 Å². The minimum Gasteiger partial charge on any atom is -0.493 e. The summed E-state index contributed by atoms with van der Waals surface area (Å²) in [4.78, 5) is 36.1. The summed E-state index contributed by atoms with van der Waals surface area (Å²) in [6.45, 7) is 0. The lowest BCUT2D eigenvalue weighted by Gasteiger charge is -2.16. The number of ether oxygens (including phenoxy) is 1. The van der Waals surface area contributed by atoms with Gasteiger partial charge in [-0.1, -0.05) is 15.9 Å². The van der Waals surface area contributed by atoms with E-state index in [1.165, 1.54) is 7.11 Å². The second-order valence-corrected chi connectivity index (χ2v) is 6.79. The van der Waals surface area contributed by atoms with Crippen LogP contribution >= 0.6 is 38.5 Å². The van der Waals surface area contributed by atoms with Crippen molar-refractivity contribution in [1.82, 2.24) is 9.88 Å². The smallest absolute Gasteiger partial charge is 0.262 e. The summed E-state index contributed by atoms with van der Waals surface area (Å²) < 4.78 is 7.97. The number of hydrogen-bond donors (Lipinski definition) is 2.